The highest BCUT2D eigenvalue weighted by Crippen LogP contribution is 2.49. The maximum Gasteiger partial charge on any atom is 0.148 e. The van der Waals surface area contributed by atoms with Crippen molar-refractivity contribution in [3.05, 3.63) is 35.9 Å². The van der Waals surface area contributed by atoms with Gasteiger partial charge in [0.15, 0.2) is 0 Å². The Kier molecular flexibility index (Phi) is 4.39. The molecule has 0 aliphatic heterocycles. The van der Waals surface area contributed by atoms with Crippen LogP contribution >= 0.6 is 0 Å². The molecule has 0 bridgehead atoms. The number of carbonyl (C=O) groups excluding carboxylic acids is 1. The number of fused-ring (bicyclic) bond motifs is 1. The summed E-state index contributed by atoms with van der Waals surface area (Å²) in [5, 5.41) is 0. The molecule has 23 heavy (non-hydrogen) atoms. The fourth-order valence-corrected chi connectivity index (χ4v) is 4.31. The smallest absolute Gasteiger partial charge is 0.148 e. The number of halogens is 1. The second kappa shape index (κ2) is 6.18. The molecule has 2 nitrogen and oxygen atoms in total. The van der Waals surface area contributed by atoms with Crippen molar-refractivity contribution < 1.29 is 9.18 Å². The Balaban J connectivity index is 1.60. The van der Waals surface area contributed by atoms with Crippen LogP contribution in [0.2, 0.25) is 0 Å². The molecule has 1 saturated carbocycles. The maximum atomic E-state index is 13.9. The minimum Gasteiger partial charge on any atom is -0.300 e. The summed E-state index contributed by atoms with van der Waals surface area (Å²) in [4.78, 5) is 16.0. The Morgan fingerprint density at radius 1 is 1.35 bits per heavy atom. The van der Waals surface area contributed by atoms with Crippen molar-refractivity contribution in [2.75, 3.05) is 0 Å². The molecule has 2 aliphatic rings. The lowest BCUT2D eigenvalue weighted by Crippen LogP contribution is -2.15. The van der Waals surface area contributed by atoms with E-state index in [1.807, 2.05) is 0 Å². The fraction of sp³-hybridized carbons (Fsp3) is 0.600. The zero-order valence-electron chi connectivity index (χ0n) is 14.3. The summed E-state index contributed by atoms with van der Waals surface area (Å²) in [5.74, 6) is 1.79. The van der Waals surface area contributed by atoms with E-state index in [4.69, 9.17) is 0 Å². The zero-order chi connectivity index (χ0) is 16.6. The van der Waals surface area contributed by atoms with Gasteiger partial charge in [-0.1, -0.05) is 26.8 Å². The van der Waals surface area contributed by atoms with Crippen LogP contribution in [0.4, 0.5) is 4.39 Å². The minimum atomic E-state index is -0.226. The molecular weight excluding hydrogens is 289 g/mol. The van der Waals surface area contributed by atoms with Crippen molar-refractivity contribution in [1.82, 2.24) is 4.98 Å². The van der Waals surface area contributed by atoms with E-state index >= 15 is 0 Å². The van der Waals surface area contributed by atoms with Crippen LogP contribution in [-0.4, -0.2) is 10.8 Å². The molecule has 124 valence electrons. The van der Waals surface area contributed by atoms with Crippen molar-refractivity contribution in [2.45, 2.75) is 52.9 Å². The Bertz CT molecular complexity index is 629. The fourth-order valence-electron chi connectivity index (χ4n) is 4.31. The van der Waals surface area contributed by atoms with E-state index in [0.29, 0.717) is 35.5 Å². The first-order valence-corrected chi connectivity index (χ1v) is 8.64. The summed E-state index contributed by atoms with van der Waals surface area (Å²) in [6.45, 7) is 6.35. The molecule has 0 radical (unpaired) electrons. The first-order valence-electron chi connectivity index (χ1n) is 8.64. The molecular formula is C20H26FNO. The summed E-state index contributed by atoms with van der Waals surface area (Å²) in [6, 6.07) is 1.77. The van der Waals surface area contributed by atoms with Crippen molar-refractivity contribution in [1.29, 1.82) is 0 Å². The van der Waals surface area contributed by atoms with Gasteiger partial charge in [-0.25, -0.2) is 4.39 Å². The number of ketones is 1. The summed E-state index contributed by atoms with van der Waals surface area (Å²) >= 11 is 0. The highest BCUT2D eigenvalue weighted by molar-refractivity contribution is 5.79. The van der Waals surface area contributed by atoms with Crippen molar-refractivity contribution in [3.8, 4) is 0 Å². The van der Waals surface area contributed by atoms with Gasteiger partial charge in [0.25, 0.3) is 0 Å². The van der Waals surface area contributed by atoms with Crippen LogP contribution in [-0.2, 0) is 4.79 Å². The second-order valence-corrected chi connectivity index (χ2v) is 8.49. The predicted octanol–water partition coefficient (Wildman–Crippen LogP) is 5.05. The highest BCUT2D eigenvalue weighted by atomic mass is 19.1. The molecule has 2 aliphatic carbocycles. The van der Waals surface area contributed by atoms with Gasteiger partial charge in [-0.15, -0.1) is 0 Å². The molecule has 1 heterocycles. The lowest BCUT2D eigenvalue weighted by atomic mass is 9.86. The van der Waals surface area contributed by atoms with E-state index < -0.39 is 0 Å². The molecule has 3 rings (SSSR count). The van der Waals surface area contributed by atoms with E-state index in [1.54, 1.807) is 12.3 Å². The predicted molar refractivity (Wildman–Crippen MR) is 90.2 cm³/mol. The third-order valence-corrected chi connectivity index (χ3v) is 5.11. The standard InChI is InChI=1S/C20H26FNO/c1-20(2,3)11-17(23)8-13-6-14-9-16(10-15(14)7-13)18-4-5-22-12-19(18)21/h4-5,9,12-15H,6-8,10-11H2,1-3H3/t13-,14-,15+/m0/s1. The number of nitrogens with zero attached hydrogens (tertiary/aromatic N) is 1. The molecule has 0 saturated heterocycles. The third-order valence-electron chi connectivity index (χ3n) is 5.11. The van der Waals surface area contributed by atoms with Gasteiger partial charge in [-0.05, 0) is 54.1 Å². The summed E-state index contributed by atoms with van der Waals surface area (Å²) in [7, 11) is 0. The van der Waals surface area contributed by atoms with Crippen LogP contribution in [0.15, 0.2) is 24.5 Å². The van der Waals surface area contributed by atoms with Crippen LogP contribution in [0.3, 0.4) is 0 Å². The van der Waals surface area contributed by atoms with Crippen molar-refractivity contribution in [3.63, 3.8) is 0 Å². The van der Waals surface area contributed by atoms with Crippen molar-refractivity contribution in [2.24, 2.45) is 23.2 Å². The lowest BCUT2D eigenvalue weighted by molar-refractivity contribution is -0.121. The lowest BCUT2D eigenvalue weighted by Gasteiger charge is -2.18. The Morgan fingerprint density at radius 2 is 2.13 bits per heavy atom. The monoisotopic (exact) mass is 315 g/mol. The van der Waals surface area contributed by atoms with E-state index in [0.717, 1.165) is 31.3 Å². The molecule has 1 aromatic rings. The molecule has 3 atom stereocenters. The van der Waals surface area contributed by atoms with Crippen LogP contribution in [0.1, 0.15) is 58.4 Å². The van der Waals surface area contributed by atoms with Gasteiger partial charge in [0.1, 0.15) is 11.6 Å². The topological polar surface area (TPSA) is 30.0 Å². The van der Waals surface area contributed by atoms with Crippen LogP contribution < -0.4 is 0 Å². The first kappa shape index (κ1) is 16.4. The number of rotatable bonds is 4. The normalized spacial score (nSPS) is 27.0. The summed E-state index contributed by atoms with van der Waals surface area (Å²) in [6.07, 6.45) is 9.70. The molecule has 1 fully saturated rings. The van der Waals surface area contributed by atoms with Crippen LogP contribution in [0.25, 0.3) is 5.57 Å². The van der Waals surface area contributed by atoms with Crippen LogP contribution in [0.5, 0.6) is 0 Å². The third kappa shape index (κ3) is 3.88. The summed E-state index contributed by atoms with van der Waals surface area (Å²) < 4.78 is 13.9. The van der Waals surface area contributed by atoms with Gasteiger partial charge in [-0.3, -0.25) is 9.78 Å². The molecule has 0 amide bonds. The number of pyridine rings is 1. The summed E-state index contributed by atoms with van der Waals surface area (Å²) in [5.41, 5.74) is 1.91. The molecule has 3 heteroatoms. The molecule has 0 N–H and O–H groups in total. The number of hydrogen-bond donors (Lipinski definition) is 0. The zero-order valence-corrected chi connectivity index (χ0v) is 14.3. The largest absolute Gasteiger partial charge is 0.300 e. The highest BCUT2D eigenvalue weighted by Gasteiger charge is 2.38. The number of carbonyl (C=O) groups is 1. The first-order chi connectivity index (χ1) is 10.8. The van der Waals surface area contributed by atoms with Gasteiger partial charge in [0.05, 0.1) is 6.20 Å². The van der Waals surface area contributed by atoms with Gasteiger partial charge in [0.2, 0.25) is 0 Å². The quantitative estimate of drug-likeness (QED) is 0.778. The molecule has 1 aromatic heterocycles. The second-order valence-electron chi connectivity index (χ2n) is 8.49. The van der Waals surface area contributed by atoms with Crippen molar-refractivity contribution >= 4 is 11.4 Å². The average molecular weight is 315 g/mol. The molecule has 0 spiro atoms. The van der Waals surface area contributed by atoms with E-state index in [1.165, 1.54) is 6.20 Å². The molecule has 0 unspecified atom stereocenters. The Hall–Kier alpha value is -1.51. The van der Waals surface area contributed by atoms with E-state index in [2.05, 4.69) is 31.8 Å². The Morgan fingerprint density at radius 3 is 2.78 bits per heavy atom. The number of aromatic nitrogens is 1. The Labute approximate surface area is 138 Å². The van der Waals surface area contributed by atoms with Gasteiger partial charge >= 0.3 is 0 Å². The minimum absolute atomic E-state index is 0.0809. The SMILES string of the molecule is CC(C)(C)CC(=O)C[C@@H]1C[C@@H]2CC(c3ccncc3F)=C[C@@H]2C1. The average Bonchev–Trinajstić information content (AvgIpc) is 2.94. The number of allylic oxidation sites excluding steroid dienone is 2. The van der Waals surface area contributed by atoms with Gasteiger partial charge < -0.3 is 0 Å². The van der Waals surface area contributed by atoms with Gasteiger partial charge in [0, 0.05) is 24.6 Å². The van der Waals surface area contributed by atoms with Crippen LogP contribution in [0, 0.1) is 29.0 Å². The maximum absolute atomic E-state index is 13.9. The van der Waals surface area contributed by atoms with E-state index in [9.17, 15) is 9.18 Å². The van der Waals surface area contributed by atoms with E-state index in [-0.39, 0.29) is 11.2 Å². The number of Topliss-reactive ketones (excluding diaryl/α,β-unsaturated/α-hetero) is 1. The number of hydrogen-bond acceptors (Lipinski definition) is 2. The molecule has 0 aromatic carbocycles. The van der Waals surface area contributed by atoms with Gasteiger partial charge in [-0.2, -0.15) is 0 Å².